The Kier molecular flexibility index (Phi) is 10.4. The molecule has 4 N–H and O–H groups in total. The second kappa shape index (κ2) is 15.5. The molecule has 0 spiro atoms. The Balaban J connectivity index is 1.31. The van der Waals surface area contributed by atoms with Crippen molar-refractivity contribution in [2.75, 3.05) is 0 Å². The van der Waals surface area contributed by atoms with Crippen molar-refractivity contribution in [3.63, 3.8) is 0 Å². The van der Waals surface area contributed by atoms with Gasteiger partial charge < -0.3 is 20.7 Å². The van der Waals surface area contributed by atoms with E-state index < -0.39 is 6.04 Å². The largest absolute Gasteiger partial charge is 0.507 e. The van der Waals surface area contributed by atoms with Crippen LogP contribution in [0.4, 0.5) is 0 Å². The number of rotatable bonds is 10. The van der Waals surface area contributed by atoms with Gasteiger partial charge in [-0.1, -0.05) is 60.7 Å². The number of aryl methyl sites for hydroxylation is 5. The van der Waals surface area contributed by atoms with Crippen LogP contribution >= 0.6 is 0 Å². The number of carbonyl (C=O) groups excluding carboxylic acids is 1. The van der Waals surface area contributed by atoms with Crippen molar-refractivity contribution in [2.45, 2.75) is 86.5 Å². The van der Waals surface area contributed by atoms with Crippen LogP contribution in [0.1, 0.15) is 113 Å². The summed E-state index contributed by atoms with van der Waals surface area (Å²) >= 11 is 0. The van der Waals surface area contributed by atoms with Gasteiger partial charge in [0.1, 0.15) is 5.75 Å². The first-order valence-corrected chi connectivity index (χ1v) is 20.4. The Bertz CT molecular complexity index is 2990. The van der Waals surface area contributed by atoms with Gasteiger partial charge in [-0.2, -0.15) is 0 Å². The summed E-state index contributed by atoms with van der Waals surface area (Å²) in [5.41, 5.74) is 14.2. The molecule has 0 fully saturated rings. The van der Waals surface area contributed by atoms with Crippen LogP contribution in [0, 0.1) is 34.6 Å². The first-order chi connectivity index (χ1) is 28.3. The monoisotopic (exact) mass is 781 g/mol. The summed E-state index contributed by atoms with van der Waals surface area (Å²) in [6.07, 6.45) is 0.877. The smallest absolute Gasteiger partial charge is 0.185 e. The van der Waals surface area contributed by atoms with Gasteiger partial charge in [-0.3, -0.25) is 19.6 Å². The molecule has 59 heavy (non-hydrogen) atoms. The maximum absolute atomic E-state index is 14.2. The summed E-state index contributed by atoms with van der Waals surface area (Å²) in [4.78, 5) is 40.5. The molecule has 4 aromatic carbocycles. The molecule has 8 rings (SSSR count). The van der Waals surface area contributed by atoms with Gasteiger partial charge in [-0.15, -0.1) is 0 Å². The highest BCUT2D eigenvalue weighted by atomic mass is 16.3. The summed E-state index contributed by atoms with van der Waals surface area (Å²) in [6.45, 7) is 18.4. The first kappa shape index (κ1) is 39.6. The highest BCUT2D eigenvalue weighted by Crippen LogP contribution is 2.46. The van der Waals surface area contributed by atoms with Gasteiger partial charge in [0.05, 0.1) is 22.2 Å². The minimum Gasteiger partial charge on any atom is -0.507 e. The van der Waals surface area contributed by atoms with Gasteiger partial charge >= 0.3 is 0 Å². The standard InChI is InChI=1S/C51H51N5O3/c1-26-14-18-38(47-36(26)20-16-29(4)52-47)31(6)54-33(8)44-43(58)23-22-41-46(40-13-11-10-12-35(40)25-57)42-24-28(3)51(59)45(50(42)56-49(41)44)34(9)55-32(7)39-19-15-27(2)37-21-17-30(5)53-48(37)39/h10-25,31-34,54-56,59H,1-9H3. The summed E-state index contributed by atoms with van der Waals surface area (Å²) in [6, 6.07) is 28.8. The topological polar surface area (TPSA) is 120 Å². The molecule has 2 aromatic heterocycles. The van der Waals surface area contributed by atoms with Gasteiger partial charge in [-0.05, 0) is 126 Å². The van der Waals surface area contributed by atoms with E-state index in [1.807, 2.05) is 76.2 Å². The lowest BCUT2D eigenvalue weighted by Crippen LogP contribution is -2.28. The van der Waals surface area contributed by atoms with E-state index in [0.29, 0.717) is 33.5 Å². The molecule has 1 aliphatic carbocycles. The van der Waals surface area contributed by atoms with Gasteiger partial charge in [-0.25, -0.2) is 0 Å². The third-order valence-corrected chi connectivity index (χ3v) is 12.2. The van der Waals surface area contributed by atoms with Gasteiger partial charge in [0, 0.05) is 79.5 Å². The molecule has 0 saturated carbocycles. The molecule has 1 aliphatic heterocycles. The minimum absolute atomic E-state index is 0.121. The fraction of sp³-hybridized carbons (Fsp3) is 0.255. The number of aromatic amines is 1. The van der Waals surface area contributed by atoms with E-state index in [-0.39, 0.29) is 29.3 Å². The van der Waals surface area contributed by atoms with Crippen LogP contribution in [0.3, 0.4) is 0 Å². The second-order valence-corrected chi connectivity index (χ2v) is 16.3. The predicted molar refractivity (Wildman–Crippen MR) is 241 cm³/mol. The van der Waals surface area contributed by atoms with E-state index in [1.54, 1.807) is 6.07 Å². The number of nitrogens with zero attached hydrogens (tertiary/aromatic N) is 2. The van der Waals surface area contributed by atoms with Crippen LogP contribution in [0.2, 0.25) is 0 Å². The normalized spacial score (nSPS) is 13.9. The van der Waals surface area contributed by atoms with Crippen LogP contribution in [0.15, 0.2) is 95.8 Å². The van der Waals surface area contributed by atoms with Crippen LogP contribution in [0.25, 0.3) is 55.1 Å². The third-order valence-electron chi connectivity index (χ3n) is 12.2. The number of fused-ring (bicyclic) bond motifs is 4. The highest BCUT2D eigenvalue weighted by Gasteiger charge is 2.29. The Labute approximate surface area is 345 Å². The average molecular weight is 782 g/mol. The van der Waals surface area contributed by atoms with E-state index in [0.717, 1.165) is 83.8 Å². The molecule has 0 bridgehead atoms. The summed E-state index contributed by atoms with van der Waals surface area (Å²) in [5.74, 6) is 0.159. The van der Waals surface area contributed by atoms with Crippen molar-refractivity contribution in [3.05, 3.63) is 157 Å². The second-order valence-electron chi connectivity index (χ2n) is 16.3. The quantitative estimate of drug-likeness (QED) is 0.0805. The number of pyridine rings is 3. The van der Waals surface area contributed by atoms with Crippen LogP contribution in [-0.2, 0) is 0 Å². The number of hydrogen-bond acceptors (Lipinski definition) is 7. The highest BCUT2D eigenvalue weighted by molar-refractivity contribution is 6.08. The van der Waals surface area contributed by atoms with Crippen molar-refractivity contribution in [2.24, 2.45) is 0 Å². The van der Waals surface area contributed by atoms with E-state index in [1.165, 1.54) is 0 Å². The van der Waals surface area contributed by atoms with E-state index in [4.69, 9.17) is 9.97 Å². The van der Waals surface area contributed by atoms with Crippen molar-refractivity contribution >= 4 is 39.0 Å². The maximum Gasteiger partial charge on any atom is 0.185 e. The fourth-order valence-corrected chi connectivity index (χ4v) is 9.10. The lowest BCUT2D eigenvalue weighted by atomic mass is 9.85. The van der Waals surface area contributed by atoms with Crippen LogP contribution in [-0.4, -0.2) is 26.3 Å². The van der Waals surface area contributed by atoms with Crippen molar-refractivity contribution in [3.8, 4) is 28.1 Å². The molecule has 4 atom stereocenters. The van der Waals surface area contributed by atoms with E-state index >= 15 is 0 Å². The number of H-pyrrole nitrogens is 1. The molecular weight excluding hydrogens is 731 g/mol. The van der Waals surface area contributed by atoms with Crippen LogP contribution < -0.4 is 16.1 Å². The Morgan fingerprint density at radius 3 is 1.75 bits per heavy atom. The SMILES string of the molecule is Cc1ccc2c(C)ccc(C(C)NC(C)c3c4[nH]c5c(C(C)NC(C)c6ccc(C)c7ccc(C)nc67)c(O)c(C)cc5c(-c5ccccc5C=O)c-4ccc3=O)c2n1. The lowest BCUT2D eigenvalue weighted by molar-refractivity contribution is 0.112. The molecule has 3 heterocycles. The zero-order chi connectivity index (χ0) is 41.9. The molecule has 0 amide bonds. The van der Waals surface area contributed by atoms with Gasteiger partial charge in [0.25, 0.3) is 0 Å². The number of aromatic hydroxyl groups is 1. The van der Waals surface area contributed by atoms with Crippen molar-refractivity contribution in [1.29, 1.82) is 0 Å². The van der Waals surface area contributed by atoms with Gasteiger partial charge in [0.2, 0.25) is 0 Å². The fourth-order valence-electron chi connectivity index (χ4n) is 9.10. The molecule has 8 heteroatoms. The molecular formula is C51H51N5O3. The lowest BCUT2D eigenvalue weighted by Gasteiger charge is -2.28. The van der Waals surface area contributed by atoms with Crippen LogP contribution in [0.5, 0.6) is 5.75 Å². The average Bonchev–Trinajstić information content (AvgIpc) is 3.20. The molecule has 0 saturated heterocycles. The van der Waals surface area contributed by atoms with E-state index in [9.17, 15) is 14.7 Å². The third kappa shape index (κ3) is 6.96. The molecule has 0 radical (unpaired) electrons. The zero-order valence-electron chi connectivity index (χ0n) is 35.2. The number of carbonyl (C=O) groups is 1. The predicted octanol–water partition coefficient (Wildman–Crippen LogP) is 11.3. The molecule has 6 aromatic rings. The zero-order valence-corrected chi connectivity index (χ0v) is 35.2. The number of aromatic nitrogens is 3. The number of phenolic OH excluding ortho intramolecular Hbond substituents is 1. The molecule has 4 unspecified atom stereocenters. The number of hydrogen-bond donors (Lipinski definition) is 4. The molecule has 2 aliphatic rings. The first-order valence-electron chi connectivity index (χ1n) is 20.4. The minimum atomic E-state index is -0.408. The number of aldehydes is 1. The molecule has 298 valence electrons. The van der Waals surface area contributed by atoms with Crippen molar-refractivity contribution in [1.82, 2.24) is 25.6 Å². The van der Waals surface area contributed by atoms with E-state index in [2.05, 4.69) is 86.6 Å². The Morgan fingerprint density at radius 2 is 1.17 bits per heavy atom. The molecule has 8 nitrogen and oxygen atoms in total. The maximum atomic E-state index is 14.2. The summed E-state index contributed by atoms with van der Waals surface area (Å²) in [7, 11) is 0. The number of benzene rings is 5. The van der Waals surface area contributed by atoms with Gasteiger partial charge in [0.15, 0.2) is 11.7 Å². The number of nitrogens with one attached hydrogen (secondary N) is 3. The van der Waals surface area contributed by atoms with Crippen molar-refractivity contribution < 1.29 is 9.90 Å². The number of phenols is 1. The Morgan fingerprint density at radius 1 is 0.610 bits per heavy atom. The summed E-state index contributed by atoms with van der Waals surface area (Å²) in [5, 5.41) is 22.6. The summed E-state index contributed by atoms with van der Waals surface area (Å²) < 4.78 is 0. The Hall–Kier alpha value is -6.22.